The lowest BCUT2D eigenvalue weighted by atomic mass is 10.2. The number of hydrogen-bond donors (Lipinski definition) is 0. The number of hydrogen-bond acceptors (Lipinski definition) is 4. The number of unbranched alkanes of at least 4 members (excludes halogenated alkanes) is 1. The highest BCUT2D eigenvalue weighted by atomic mass is 32.1. The third-order valence-corrected chi connectivity index (χ3v) is 5.35. The van der Waals surface area contributed by atoms with Gasteiger partial charge in [-0.3, -0.25) is 9.36 Å². The van der Waals surface area contributed by atoms with Crippen molar-refractivity contribution in [2.75, 3.05) is 6.61 Å². The lowest BCUT2D eigenvalue weighted by Crippen LogP contribution is -2.20. The van der Waals surface area contributed by atoms with Crippen molar-refractivity contribution >= 4 is 21.6 Å². The van der Waals surface area contributed by atoms with Gasteiger partial charge in [0.1, 0.15) is 10.6 Å². The monoisotopic (exact) mass is 342 g/mol. The fourth-order valence-corrected chi connectivity index (χ4v) is 3.63. The van der Waals surface area contributed by atoms with Crippen LogP contribution in [0.5, 0.6) is 5.75 Å². The molecule has 0 atom stereocenters. The summed E-state index contributed by atoms with van der Waals surface area (Å²) in [5.41, 5.74) is 2.36. The number of thiophene rings is 1. The average molecular weight is 342 g/mol. The van der Waals surface area contributed by atoms with Crippen LogP contribution in [0.15, 0.2) is 35.4 Å². The zero-order valence-corrected chi connectivity index (χ0v) is 15.2. The fourth-order valence-electron chi connectivity index (χ4n) is 2.64. The summed E-state index contributed by atoms with van der Waals surface area (Å²) >= 11 is 1.59. The molecule has 0 unspecified atom stereocenters. The first kappa shape index (κ1) is 16.7. The molecule has 0 radical (unpaired) electrons. The van der Waals surface area contributed by atoms with Crippen LogP contribution < -0.4 is 10.3 Å². The van der Waals surface area contributed by atoms with Gasteiger partial charge in [-0.1, -0.05) is 17.7 Å². The molecule has 3 rings (SSSR count). The lowest BCUT2D eigenvalue weighted by Gasteiger charge is -2.08. The Balaban J connectivity index is 1.56. The molecule has 0 aliphatic rings. The van der Waals surface area contributed by atoms with Crippen LogP contribution in [-0.4, -0.2) is 16.2 Å². The molecule has 0 bridgehead atoms. The van der Waals surface area contributed by atoms with Crippen LogP contribution >= 0.6 is 11.3 Å². The van der Waals surface area contributed by atoms with Gasteiger partial charge < -0.3 is 4.74 Å². The van der Waals surface area contributed by atoms with Gasteiger partial charge in [0.05, 0.1) is 18.3 Å². The van der Waals surface area contributed by atoms with E-state index in [9.17, 15) is 4.79 Å². The van der Waals surface area contributed by atoms with Crippen LogP contribution in [0, 0.1) is 20.8 Å². The number of rotatable bonds is 6. The molecule has 1 aromatic carbocycles. The standard InChI is InChI=1S/C19H22N2O2S/c1-13-6-8-16(9-7-13)23-11-5-4-10-21-12-20-18-17(19(21)22)14(2)15(3)24-18/h6-9,12H,4-5,10-11H2,1-3H3. The summed E-state index contributed by atoms with van der Waals surface area (Å²) in [6.45, 7) is 7.42. The van der Waals surface area contributed by atoms with Crippen molar-refractivity contribution in [1.29, 1.82) is 0 Å². The Hall–Kier alpha value is -2.14. The molecule has 2 aromatic heterocycles. The maximum absolute atomic E-state index is 12.6. The molecule has 0 amide bonds. The van der Waals surface area contributed by atoms with E-state index in [1.807, 2.05) is 38.1 Å². The van der Waals surface area contributed by atoms with Crippen molar-refractivity contribution in [1.82, 2.24) is 9.55 Å². The van der Waals surface area contributed by atoms with Crippen molar-refractivity contribution in [3.05, 3.63) is 57.0 Å². The second kappa shape index (κ2) is 7.18. The minimum atomic E-state index is 0.0707. The highest BCUT2D eigenvalue weighted by Crippen LogP contribution is 2.25. The Bertz CT molecular complexity index is 894. The molecule has 0 saturated carbocycles. The maximum atomic E-state index is 12.6. The van der Waals surface area contributed by atoms with E-state index < -0.39 is 0 Å². The Labute approximate surface area is 145 Å². The van der Waals surface area contributed by atoms with Crippen LogP contribution in [0.25, 0.3) is 10.2 Å². The van der Waals surface area contributed by atoms with Crippen molar-refractivity contribution in [3.63, 3.8) is 0 Å². The van der Waals surface area contributed by atoms with E-state index in [0.717, 1.165) is 34.4 Å². The van der Waals surface area contributed by atoms with E-state index in [2.05, 4.69) is 11.9 Å². The zero-order valence-electron chi connectivity index (χ0n) is 14.3. The van der Waals surface area contributed by atoms with E-state index in [0.29, 0.717) is 13.2 Å². The third-order valence-electron chi connectivity index (χ3n) is 4.24. The normalized spacial score (nSPS) is 11.1. The lowest BCUT2D eigenvalue weighted by molar-refractivity contribution is 0.303. The summed E-state index contributed by atoms with van der Waals surface area (Å²) in [6, 6.07) is 8.06. The molecule has 3 aromatic rings. The summed E-state index contributed by atoms with van der Waals surface area (Å²) in [4.78, 5) is 19.0. The van der Waals surface area contributed by atoms with Crippen molar-refractivity contribution in [2.45, 2.75) is 40.2 Å². The first-order valence-corrected chi connectivity index (χ1v) is 9.02. The highest BCUT2D eigenvalue weighted by molar-refractivity contribution is 7.18. The number of aryl methyl sites for hydroxylation is 4. The molecule has 126 valence electrons. The van der Waals surface area contributed by atoms with Gasteiger partial charge in [-0.25, -0.2) is 4.98 Å². The molecule has 0 fully saturated rings. The van der Waals surface area contributed by atoms with Crippen LogP contribution in [-0.2, 0) is 6.54 Å². The maximum Gasteiger partial charge on any atom is 0.262 e. The Kier molecular flexibility index (Phi) is 5.00. The number of aromatic nitrogens is 2. The molecule has 5 heteroatoms. The molecule has 0 N–H and O–H groups in total. The minimum absolute atomic E-state index is 0.0707. The van der Waals surface area contributed by atoms with Crippen molar-refractivity contribution in [2.24, 2.45) is 0 Å². The topological polar surface area (TPSA) is 44.1 Å². The van der Waals surface area contributed by atoms with Gasteiger partial charge in [0.15, 0.2) is 0 Å². The molecular formula is C19H22N2O2S. The first-order valence-electron chi connectivity index (χ1n) is 8.21. The summed E-state index contributed by atoms with van der Waals surface area (Å²) < 4.78 is 7.44. The van der Waals surface area contributed by atoms with Crippen molar-refractivity contribution < 1.29 is 4.74 Å². The number of benzene rings is 1. The van der Waals surface area contributed by atoms with Gasteiger partial charge in [-0.05, 0) is 51.3 Å². The van der Waals surface area contributed by atoms with Gasteiger partial charge in [-0.2, -0.15) is 0 Å². The fraction of sp³-hybridized carbons (Fsp3) is 0.368. The molecule has 0 saturated heterocycles. The second-order valence-electron chi connectivity index (χ2n) is 6.08. The quantitative estimate of drug-likeness (QED) is 0.629. The summed E-state index contributed by atoms with van der Waals surface area (Å²) in [5.74, 6) is 0.894. The molecule has 0 spiro atoms. The van der Waals surface area contributed by atoms with Gasteiger partial charge in [0.2, 0.25) is 0 Å². The Morgan fingerprint density at radius 3 is 2.62 bits per heavy atom. The first-order chi connectivity index (χ1) is 11.6. The van der Waals surface area contributed by atoms with Crippen LogP contribution in [0.1, 0.15) is 28.8 Å². The minimum Gasteiger partial charge on any atom is -0.494 e. The van der Waals surface area contributed by atoms with Crippen LogP contribution in [0.2, 0.25) is 0 Å². The largest absolute Gasteiger partial charge is 0.494 e. The smallest absolute Gasteiger partial charge is 0.262 e. The van der Waals surface area contributed by atoms with E-state index in [-0.39, 0.29) is 5.56 Å². The van der Waals surface area contributed by atoms with Crippen molar-refractivity contribution in [3.8, 4) is 5.75 Å². The zero-order chi connectivity index (χ0) is 17.1. The molecule has 0 aliphatic carbocycles. The summed E-state index contributed by atoms with van der Waals surface area (Å²) in [5, 5.41) is 0.774. The van der Waals surface area contributed by atoms with Crippen LogP contribution in [0.3, 0.4) is 0 Å². The predicted octanol–water partition coefficient (Wildman–Crippen LogP) is 4.24. The summed E-state index contributed by atoms with van der Waals surface area (Å²) in [7, 11) is 0. The SMILES string of the molecule is Cc1ccc(OCCCCn2cnc3sc(C)c(C)c3c2=O)cc1. The molecule has 2 heterocycles. The number of nitrogens with zero attached hydrogens (tertiary/aromatic N) is 2. The Morgan fingerprint density at radius 2 is 1.88 bits per heavy atom. The molecule has 0 aliphatic heterocycles. The summed E-state index contributed by atoms with van der Waals surface area (Å²) in [6.07, 6.45) is 3.46. The number of ether oxygens (including phenoxy) is 1. The van der Waals surface area contributed by atoms with E-state index >= 15 is 0 Å². The average Bonchev–Trinajstić information content (AvgIpc) is 2.86. The predicted molar refractivity (Wildman–Crippen MR) is 99.3 cm³/mol. The second-order valence-corrected chi connectivity index (χ2v) is 7.28. The molecule has 24 heavy (non-hydrogen) atoms. The molecule has 4 nitrogen and oxygen atoms in total. The van der Waals surface area contributed by atoms with Gasteiger partial charge in [0.25, 0.3) is 5.56 Å². The van der Waals surface area contributed by atoms with E-state index in [4.69, 9.17) is 4.74 Å². The highest BCUT2D eigenvalue weighted by Gasteiger charge is 2.11. The van der Waals surface area contributed by atoms with Gasteiger partial charge in [-0.15, -0.1) is 11.3 Å². The van der Waals surface area contributed by atoms with Gasteiger partial charge in [0, 0.05) is 11.4 Å². The number of fused-ring (bicyclic) bond motifs is 1. The van der Waals surface area contributed by atoms with E-state index in [1.165, 1.54) is 10.4 Å². The van der Waals surface area contributed by atoms with Gasteiger partial charge >= 0.3 is 0 Å². The Morgan fingerprint density at radius 1 is 1.12 bits per heavy atom. The van der Waals surface area contributed by atoms with Crippen LogP contribution in [0.4, 0.5) is 0 Å². The third kappa shape index (κ3) is 3.51. The molecular weight excluding hydrogens is 320 g/mol. The van der Waals surface area contributed by atoms with E-state index in [1.54, 1.807) is 22.2 Å².